The van der Waals surface area contributed by atoms with E-state index in [1.54, 1.807) is 6.33 Å². The van der Waals surface area contributed by atoms with E-state index in [2.05, 4.69) is 46.4 Å². The Morgan fingerprint density at radius 2 is 2.12 bits per heavy atom. The molecule has 0 saturated heterocycles. The van der Waals surface area contributed by atoms with Gasteiger partial charge in [-0.15, -0.1) is 0 Å². The predicted octanol–water partition coefficient (Wildman–Crippen LogP) is 2.84. The molecule has 1 unspecified atom stereocenters. The molecule has 17 heavy (non-hydrogen) atoms. The van der Waals surface area contributed by atoms with E-state index in [0.717, 1.165) is 18.0 Å². The molecule has 1 heterocycles. The molecule has 1 aromatic carbocycles. The average Bonchev–Trinajstić information content (AvgIpc) is 2.81. The molecule has 1 aliphatic rings. The molecule has 3 nitrogen and oxygen atoms in total. The monoisotopic (exact) mass is 245 g/mol. The first-order valence-electron chi connectivity index (χ1n) is 5.86. The van der Waals surface area contributed by atoms with Crippen LogP contribution in [0, 0.1) is 0 Å². The zero-order valence-corrected chi connectivity index (χ0v) is 10.6. The van der Waals surface area contributed by atoms with E-state index in [0.29, 0.717) is 0 Å². The standard InChI is InChI=1S/C13H15N3S/c1-13(17-12-14-9-15-16-12)7-6-10-4-2-3-5-11(10)8-13/h2-5,9H,6-8H2,1H3,(H,14,15,16). The van der Waals surface area contributed by atoms with Gasteiger partial charge in [-0.2, -0.15) is 5.10 Å². The first-order valence-corrected chi connectivity index (χ1v) is 6.68. The van der Waals surface area contributed by atoms with Crippen molar-refractivity contribution in [3.8, 4) is 0 Å². The largest absolute Gasteiger partial charge is 0.254 e. The highest BCUT2D eigenvalue weighted by Gasteiger charge is 2.31. The SMILES string of the molecule is CC1(Sc2ncn[nH]2)CCc2ccccc2C1. The number of H-pyrrole nitrogens is 1. The van der Waals surface area contributed by atoms with Gasteiger partial charge in [0, 0.05) is 4.75 Å². The van der Waals surface area contributed by atoms with Crippen molar-refractivity contribution in [1.82, 2.24) is 15.2 Å². The van der Waals surface area contributed by atoms with Crippen LogP contribution in [-0.2, 0) is 12.8 Å². The Morgan fingerprint density at radius 1 is 1.29 bits per heavy atom. The summed E-state index contributed by atoms with van der Waals surface area (Å²) >= 11 is 1.81. The molecular formula is C13H15N3S. The Bertz CT molecular complexity index is 509. The molecule has 4 heteroatoms. The molecule has 88 valence electrons. The van der Waals surface area contributed by atoms with Crippen LogP contribution in [0.3, 0.4) is 0 Å². The van der Waals surface area contributed by atoms with Crippen LogP contribution in [-0.4, -0.2) is 19.9 Å². The van der Waals surface area contributed by atoms with Crippen molar-refractivity contribution in [2.24, 2.45) is 0 Å². The van der Waals surface area contributed by atoms with Gasteiger partial charge in [-0.1, -0.05) is 36.0 Å². The fourth-order valence-corrected chi connectivity index (χ4v) is 3.52. The Labute approximate surface area is 105 Å². The molecule has 1 atom stereocenters. The van der Waals surface area contributed by atoms with E-state index < -0.39 is 0 Å². The van der Waals surface area contributed by atoms with Gasteiger partial charge in [0.05, 0.1) is 0 Å². The zero-order valence-electron chi connectivity index (χ0n) is 9.81. The maximum absolute atomic E-state index is 4.21. The number of hydrogen-bond acceptors (Lipinski definition) is 3. The number of benzene rings is 1. The third-order valence-corrected chi connectivity index (χ3v) is 4.57. The average molecular weight is 245 g/mol. The van der Waals surface area contributed by atoms with Crippen LogP contribution in [0.4, 0.5) is 0 Å². The third-order valence-electron chi connectivity index (χ3n) is 3.34. The molecule has 0 aliphatic heterocycles. The number of aryl methyl sites for hydroxylation is 1. The summed E-state index contributed by atoms with van der Waals surface area (Å²) < 4.78 is 0.230. The van der Waals surface area contributed by atoms with Crippen LogP contribution in [0.25, 0.3) is 0 Å². The molecule has 0 bridgehead atoms. The second-order valence-electron chi connectivity index (χ2n) is 4.79. The van der Waals surface area contributed by atoms with Crippen LogP contribution in [0.15, 0.2) is 35.7 Å². The van der Waals surface area contributed by atoms with Crippen molar-refractivity contribution in [2.45, 2.75) is 36.1 Å². The van der Waals surface area contributed by atoms with Gasteiger partial charge in [-0.3, -0.25) is 5.10 Å². The summed E-state index contributed by atoms with van der Waals surface area (Å²) in [4.78, 5) is 4.21. The predicted molar refractivity (Wildman–Crippen MR) is 69.1 cm³/mol. The molecule has 1 aromatic heterocycles. The maximum atomic E-state index is 4.21. The van der Waals surface area contributed by atoms with Gasteiger partial charge in [0.1, 0.15) is 6.33 Å². The van der Waals surface area contributed by atoms with E-state index in [1.807, 2.05) is 11.8 Å². The number of nitrogens with zero attached hydrogens (tertiary/aromatic N) is 2. The lowest BCUT2D eigenvalue weighted by atomic mass is 9.84. The number of nitrogens with one attached hydrogen (secondary N) is 1. The highest BCUT2D eigenvalue weighted by molar-refractivity contribution is 8.00. The Morgan fingerprint density at radius 3 is 2.88 bits per heavy atom. The number of aromatic amines is 1. The van der Waals surface area contributed by atoms with Crippen molar-refractivity contribution in [1.29, 1.82) is 0 Å². The number of fused-ring (bicyclic) bond motifs is 1. The molecule has 1 aliphatic carbocycles. The number of thioether (sulfide) groups is 1. The minimum Gasteiger partial charge on any atom is -0.254 e. The van der Waals surface area contributed by atoms with Gasteiger partial charge in [0.15, 0.2) is 5.16 Å². The summed E-state index contributed by atoms with van der Waals surface area (Å²) in [6.07, 6.45) is 5.03. The van der Waals surface area contributed by atoms with Gasteiger partial charge >= 0.3 is 0 Å². The second kappa shape index (κ2) is 4.18. The van der Waals surface area contributed by atoms with Crippen LogP contribution in [0.5, 0.6) is 0 Å². The van der Waals surface area contributed by atoms with Crippen molar-refractivity contribution in [2.75, 3.05) is 0 Å². The molecule has 0 saturated carbocycles. The van der Waals surface area contributed by atoms with E-state index in [9.17, 15) is 0 Å². The van der Waals surface area contributed by atoms with Crippen LogP contribution >= 0.6 is 11.8 Å². The summed E-state index contributed by atoms with van der Waals surface area (Å²) in [6, 6.07) is 8.75. The smallest absolute Gasteiger partial charge is 0.183 e. The summed E-state index contributed by atoms with van der Waals surface area (Å²) in [7, 11) is 0. The van der Waals surface area contributed by atoms with Crippen molar-refractivity contribution in [3.05, 3.63) is 41.7 Å². The summed E-state index contributed by atoms with van der Waals surface area (Å²) in [5.41, 5.74) is 2.98. The Hall–Kier alpha value is -1.29. The normalized spacial score (nSPS) is 23.4. The zero-order chi connectivity index (χ0) is 11.7. The van der Waals surface area contributed by atoms with Crippen LogP contribution in [0.2, 0.25) is 0 Å². The molecule has 1 N–H and O–H groups in total. The van der Waals surface area contributed by atoms with Gasteiger partial charge in [0.2, 0.25) is 0 Å². The Balaban J connectivity index is 1.82. The minimum absolute atomic E-state index is 0.230. The van der Waals surface area contributed by atoms with Crippen LogP contribution < -0.4 is 0 Å². The van der Waals surface area contributed by atoms with Crippen molar-refractivity contribution in [3.63, 3.8) is 0 Å². The Kier molecular flexibility index (Phi) is 2.67. The molecule has 2 aromatic rings. The van der Waals surface area contributed by atoms with E-state index in [4.69, 9.17) is 0 Å². The quantitative estimate of drug-likeness (QED) is 0.884. The van der Waals surface area contributed by atoms with Crippen LogP contribution in [0.1, 0.15) is 24.5 Å². The lowest BCUT2D eigenvalue weighted by Gasteiger charge is -2.33. The van der Waals surface area contributed by atoms with Gasteiger partial charge < -0.3 is 0 Å². The molecular weight excluding hydrogens is 230 g/mol. The first kappa shape index (κ1) is 10.8. The molecule has 0 fully saturated rings. The maximum Gasteiger partial charge on any atom is 0.183 e. The number of rotatable bonds is 2. The third kappa shape index (κ3) is 2.22. The summed E-state index contributed by atoms with van der Waals surface area (Å²) in [5.74, 6) is 0. The molecule has 0 spiro atoms. The topological polar surface area (TPSA) is 41.6 Å². The molecule has 3 rings (SSSR count). The molecule has 0 radical (unpaired) electrons. The molecule has 0 amide bonds. The number of aromatic nitrogens is 3. The lowest BCUT2D eigenvalue weighted by Crippen LogP contribution is -2.29. The first-order chi connectivity index (χ1) is 8.25. The van der Waals surface area contributed by atoms with E-state index in [-0.39, 0.29) is 4.75 Å². The van der Waals surface area contributed by atoms with Crippen molar-refractivity contribution >= 4 is 11.8 Å². The summed E-state index contributed by atoms with van der Waals surface area (Å²) in [6.45, 7) is 2.32. The van der Waals surface area contributed by atoms with Gasteiger partial charge in [-0.25, -0.2) is 4.98 Å². The fraction of sp³-hybridized carbons (Fsp3) is 0.385. The highest BCUT2D eigenvalue weighted by atomic mass is 32.2. The second-order valence-corrected chi connectivity index (χ2v) is 6.36. The van der Waals surface area contributed by atoms with Gasteiger partial charge in [0.25, 0.3) is 0 Å². The number of hydrogen-bond donors (Lipinski definition) is 1. The minimum atomic E-state index is 0.230. The lowest BCUT2D eigenvalue weighted by molar-refractivity contribution is 0.548. The fourth-order valence-electron chi connectivity index (χ4n) is 2.43. The summed E-state index contributed by atoms with van der Waals surface area (Å²) in [5, 5.41) is 7.76. The highest BCUT2D eigenvalue weighted by Crippen LogP contribution is 2.41. The van der Waals surface area contributed by atoms with Crippen molar-refractivity contribution < 1.29 is 0 Å². The van der Waals surface area contributed by atoms with Gasteiger partial charge in [-0.05, 0) is 37.3 Å². The van der Waals surface area contributed by atoms with E-state index in [1.165, 1.54) is 17.5 Å². The van der Waals surface area contributed by atoms with E-state index >= 15 is 0 Å².